The first-order valence-electron chi connectivity index (χ1n) is 8.79. The van der Waals surface area contributed by atoms with Crippen LogP contribution in [0.4, 0.5) is 5.69 Å². The number of amides is 1. The number of nitrogens with two attached hydrogens (primary N) is 1. The van der Waals surface area contributed by atoms with Gasteiger partial charge in [0.2, 0.25) is 0 Å². The maximum atomic E-state index is 12.8. The smallest absolute Gasteiger partial charge is 0.256 e. The lowest BCUT2D eigenvalue weighted by Crippen LogP contribution is -2.26. The number of nitrogens with zero attached hydrogens (tertiary/aromatic N) is 3. The first-order valence-corrected chi connectivity index (χ1v) is 8.79. The number of aromatic nitrogens is 2. The van der Waals surface area contributed by atoms with Gasteiger partial charge >= 0.3 is 0 Å². The normalized spacial score (nSPS) is 13.0. The van der Waals surface area contributed by atoms with Gasteiger partial charge in [0.05, 0.1) is 23.7 Å². The summed E-state index contributed by atoms with van der Waals surface area (Å²) in [5.74, 6) is -0.153. The fourth-order valence-corrected chi connectivity index (χ4v) is 3.67. The van der Waals surface area contributed by atoms with Crippen LogP contribution in [0.3, 0.4) is 0 Å². The van der Waals surface area contributed by atoms with Gasteiger partial charge < -0.3 is 10.6 Å². The Morgan fingerprint density at radius 1 is 1.41 bits per heavy atom. The molecule has 3 aromatic rings. The molecule has 0 unspecified atom stereocenters. The highest BCUT2D eigenvalue weighted by Gasteiger charge is 2.32. The zero-order chi connectivity index (χ0) is 19.1. The summed E-state index contributed by atoms with van der Waals surface area (Å²) in [5.41, 5.74) is 12.3. The van der Waals surface area contributed by atoms with Gasteiger partial charge in [-0.05, 0) is 41.3 Å². The summed E-state index contributed by atoms with van der Waals surface area (Å²) in [7, 11) is 0. The molecule has 134 valence electrons. The number of nitriles is 1. The predicted octanol–water partition coefficient (Wildman–Crippen LogP) is 3.41. The van der Waals surface area contributed by atoms with Crippen molar-refractivity contribution in [1.82, 2.24) is 15.1 Å². The Morgan fingerprint density at radius 2 is 2.22 bits per heavy atom. The molecule has 3 N–H and O–H groups in total. The molecule has 0 saturated heterocycles. The summed E-state index contributed by atoms with van der Waals surface area (Å²) < 4.78 is 0. The number of nitrogen functional groups attached to an aromatic ring is 1. The van der Waals surface area contributed by atoms with Crippen LogP contribution in [0.2, 0.25) is 0 Å². The van der Waals surface area contributed by atoms with Crippen molar-refractivity contribution in [1.29, 1.82) is 5.26 Å². The number of hydrogen-bond donors (Lipinski definition) is 2. The van der Waals surface area contributed by atoms with E-state index in [2.05, 4.69) is 29.8 Å². The van der Waals surface area contributed by atoms with Gasteiger partial charge in [-0.15, -0.1) is 0 Å². The van der Waals surface area contributed by atoms with Gasteiger partial charge in [-0.1, -0.05) is 25.6 Å². The van der Waals surface area contributed by atoms with Crippen LogP contribution in [0.25, 0.3) is 22.0 Å². The Kier molecular flexibility index (Phi) is 3.93. The van der Waals surface area contributed by atoms with E-state index in [9.17, 15) is 4.79 Å². The van der Waals surface area contributed by atoms with E-state index < -0.39 is 0 Å². The van der Waals surface area contributed by atoms with Crippen LogP contribution in [-0.2, 0) is 13.0 Å². The van der Waals surface area contributed by atoms with Crippen molar-refractivity contribution in [3.63, 3.8) is 0 Å². The SMILES string of the molecule is C=C(C#N)CN1Cc2c(-c3ccc4n[nH]c(CC)c4c3)ccc(N)c2C1=O. The largest absolute Gasteiger partial charge is 0.398 e. The number of nitrogens with one attached hydrogen (secondary N) is 1. The first kappa shape index (κ1) is 16.9. The summed E-state index contributed by atoms with van der Waals surface area (Å²) in [6, 6.07) is 11.8. The number of rotatable bonds is 4. The molecule has 27 heavy (non-hydrogen) atoms. The molecule has 6 heteroatoms. The van der Waals surface area contributed by atoms with Gasteiger partial charge in [-0.3, -0.25) is 9.89 Å². The number of carbonyl (C=O) groups excluding carboxylic acids is 1. The molecule has 2 heterocycles. The monoisotopic (exact) mass is 357 g/mol. The second-order valence-electron chi connectivity index (χ2n) is 6.72. The second kappa shape index (κ2) is 6.29. The topological polar surface area (TPSA) is 98.8 Å². The molecule has 0 fully saturated rings. The van der Waals surface area contributed by atoms with E-state index in [-0.39, 0.29) is 12.5 Å². The fourth-order valence-electron chi connectivity index (χ4n) is 3.67. The van der Waals surface area contributed by atoms with Crippen molar-refractivity contribution < 1.29 is 4.79 Å². The van der Waals surface area contributed by atoms with Crippen molar-refractivity contribution in [3.05, 3.63) is 59.3 Å². The molecule has 0 spiro atoms. The van der Waals surface area contributed by atoms with Crippen LogP contribution >= 0.6 is 0 Å². The summed E-state index contributed by atoms with van der Waals surface area (Å²) in [6.45, 7) is 6.40. The number of aromatic amines is 1. The van der Waals surface area contributed by atoms with Crippen LogP contribution in [0.15, 0.2) is 42.5 Å². The highest BCUT2D eigenvalue weighted by atomic mass is 16.2. The fraction of sp³-hybridized carbons (Fsp3) is 0.190. The molecule has 0 bridgehead atoms. The summed E-state index contributed by atoms with van der Waals surface area (Å²) >= 11 is 0. The van der Waals surface area contributed by atoms with Crippen molar-refractivity contribution in [3.8, 4) is 17.2 Å². The number of anilines is 1. The zero-order valence-corrected chi connectivity index (χ0v) is 15.0. The van der Waals surface area contributed by atoms with Gasteiger partial charge in [0.15, 0.2) is 0 Å². The van der Waals surface area contributed by atoms with Gasteiger partial charge in [0.1, 0.15) is 0 Å². The van der Waals surface area contributed by atoms with Crippen LogP contribution < -0.4 is 5.73 Å². The maximum Gasteiger partial charge on any atom is 0.256 e. The molecule has 2 aromatic carbocycles. The molecule has 0 atom stereocenters. The predicted molar refractivity (Wildman–Crippen MR) is 105 cm³/mol. The average Bonchev–Trinajstić information content (AvgIpc) is 3.23. The molecule has 1 amide bonds. The average molecular weight is 357 g/mol. The van der Waals surface area contributed by atoms with Crippen LogP contribution in [-0.4, -0.2) is 27.5 Å². The number of fused-ring (bicyclic) bond motifs is 2. The third-order valence-electron chi connectivity index (χ3n) is 5.03. The van der Waals surface area contributed by atoms with E-state index in [1.165, 1.54) is 0 Å². The van der Waals surface area contributed by atoms with Crippen molar-refractivity contribution >= 4 is 22.5 Å². The Bertz CT molecular complexity index is 1140. The Balaban J connectivity index is 1.82. The molecular formula is C21H19N5O. The molecule has 6 nitrogen and oxygen atoms in total. The molecule has 0 saturated carbocycles. The minimum Gasteiger partial charge on any atom is -0.398 e. The van der Waals surface area contributed by atoms with Crippen LogP contribution in [0.1, 0.15) is 28.5 Å². The summed E-state index contributed by atoms with van der Waals surface area (Å²) in [5, 5.41) is 17.5. The van der Waals surface area contributed by atoms with Crippen LogP contribution in [0, 0.1) is 11.3 Å². The first-order chi connectivity index (χ1) is 13.0. The van der Waals surface area contributed by atoms with E-state index in [0.717, 1.165) is 39.7 Å². The van der Waals surface area contributed by atoms with E-state index in [1.54, 1.807) is 11.0 Å². The van der Waals surface area contributed by atoms with E-state index in [1.807, 2.05) is 24.3 Å². The third-order valence-corrected chi connectivity index (χ3v) is 5.03. The summed E-state index contributed by atoms with van der Waals surface area (Å²) in [6.07, 6.45) is 0.863. The lowest BCUT2D eigenvalue weighted by Gasteiger charge is -2.14. The number of hydrogen-bond acceptors (Lipinski definition) is 4. The van der Waals surface area contributed by atoms with Crippen molar-refractivity contribution in [2.24, 2.45) is 0 Å². The highest BCUT2D eigenvalue weighted by molar-refractivity contribution is 6.05. The number of H-pyrrole nitrogens is 1. The van der Waals surface area contributed by atoms with Gasteiger partial charge in [0, 0.05) is 28.9 Å². The summed E-state index contributed by atoms with van der Waals surface area (Å²) in [4.78, 5) is 14.4. The highest BCUT2D eigenvalue weighted by Crippen LogP contribution is 2.37. The lowest BCUT2D eigenvalue weighted by molar-refractivity contribution is 0.0794. The second-order valence-corrected chi connectivity index (χ2v) is 6.72. The Morgan fingerprint density at radius 3 is 2.96 bits per heavy atom. The van der Waals surface area contributed by atoms with E-state index >= 15 is 0 Å². The standard InChI is InChI=1S/C21H19N5O/c1-3-18-15-8-13(4-7-19(15)25-24-18)14-5-6-17(23)20-16(14)11-26(21(20)27)10-12(2)9-22/h4-8H,2-3,10-11,23H2,1H3,(H,24,25). The molecule has 0 radical (unpaired) electrons. The van der Waals surface area contributed by atoms with Crippen molar-refractivity contribution in [2.75, 3.05) is 12.3 Å². The maximum absolute atomic E-state index is 12.8. The Hall–Kier alpha value is -3.59. The van der Waals surface area contributed by atoms with E-state index in [0.29, 0.717) is 23.4 Å². The van der Waals surface area contributed by atoms with Gasteiger partial charge in [-0.2, -0.15) is 10.4 Å². The van der Waals surface area contributed by atoms with Crippen molar-refractivity contribution in [2.45, 2.75) is 19.9 Å². The minimum atomic E-state index is -0.153. The number of carbonyl (C=O) groups is 1. The molecule has 4 rings (SSSR count). The number of aryl methyl sites for hydroxylation is 1. The molecule has 0 aliphatic carbocycles. The molecule has 1 aliphatic rings. The van der Waals surface area contributed by atoms with Crippen LogP contribution in [0.5, 0.6) is 0 Å². The third kappa shape index (κ3) is 2.64. The molecule has 1 aliphatic heterocycles. The molecular weight excluding hydrogens is 338 g/mol. The quantitative estimate of drug-likeness (QED) is 0.552. The number of benzene rings is 2. The van der Waals surface area contributed by atoms with E-state index in [4.69, 9.17) is 11.0 Å². The minimum absolute atomic E-state index is 0.153. The van der Waals surface area contributed by atoms with Gasteiger partial charge in [-0.25, -0.2) is 0 Å². The zero-order valence-electron chi connectivity index (χ0n) is 15.0. The molecule has 1 aromatic heterocycles. The lowest BCUT2D eigenvalue weighted by atomic mass is 9.94. The van der Waals surface area contributed by atoms with Gasteiger partial charge in [0.25, 0.3) is 5.91 Å². The Labute approximate surface area is 156 Å².